The van der Waals surface area contributed by atoms with Crippen molar-refractivity contribution >= 4 is 5.97 Å². The van der Waals surface area contributed by atoms with Crippen molar-refractivity contribution in [3.05, 3.63) is 83.7 Å². The Morgan fingerprint density at radius 1 is 0.944 bits per heavy atom. The van der Waals surface area contributed by atoms with E-state index in [1.165, 1.54) is 34.6 Å². The molecular formula is C26H22F3N5O2. The van der Waals surface area contributed by atoms with Gasteiger partial charge in [-0.15, -0.1) is 5.10 Å². The molecule has 7 nitrogen and oxygen atoms in total. The van der Waals surface area contributed by atoms with Crippen molar-refractivity contribution in [2.45, 2.75) is 24.9 Å². The van der Waals surface area contributed by atoms with Crippen LogP contribution in [0.5, 0.6) is 0 Å². The number of pyridine rings is 1. The lowest BCUT2D eigenvalue weighted by molar-refractivity contribution is -0.137. The highest BCUT2D eigenvalue weighted by atomic mass is 19.4. The molecule has 0 bridgehead atoms. The van der Waals surface area contributed by atoms with Gasteiger partial charge in [-0.05, 0) is 72.8 Å². The van der Waals surface area contributed by atoms with Gasteiger partial charge >= 0.3 is 12.1 Å². The van der Waals surface area contributed by atoms with Crippen molar-refractivity contribution in [2.24, 2.45) is 0 Å². The molecule has 0 spiro atoms. The van der Waals surface area contributed by atoms with Gasteiger partial charge in [0.2, 0.25) is 0 Å². The van der Waals surface area contributed by atoms with Crippen LogP contribution < -0.4 is 5.32 Å². The molecule has 0 aliphatic carbocycles. The van der Waals surface area contributed by atoms with E-state index in [0.29, 0.717) is 22.7 Å². The summed E-state index contributed by atoms with van der Waals surface area (Å²) in [6.45, 7) is 1.99. The van der Waals surface area contributed by atoms with Crippen molar-refractivity contribution in [1.29, 1.82) is 0 Å². The average Bonchev–Trinajstić information content (AvgIpc) is 3.39. The molecule has 4 aromatic rings. The SMILES string of the molecule is O=C(O)c1cc(-c2ccc(C3CCNCC3)cc2)cc(-n2cc(-c3ccc(C(F)(F)F)cc3)nn2)n1. The third-order valence-electron chi connectivity index (χ3n) is 6.32. The van der Waals surface area contributed by atoms with Crippen LogP contribution in [0, 0.1) is 0 Å². The maximum atomic E-state index is 12.9. The molecule has 2 aromatic carbocycles. The van der Waals surface area contributed by atoms with Gasteiger partial charge in [-0.1, -0.05) is 41.6 Å². The van der Waals surface area contributed by atoms with E-state index in [9.17, 15) is 23.1 Å². The second-order valence-corrected chi connectivity index (χ2v) is 8.67. The number of carboxylic acid groups (broad SMARTS) is 1. The smallest absolute Gasteiger partial charge is 0.416 e. The van der Waals surface area contributed by atoms with Gasteiger partial charge in [-0.25, -0.2) is 14.5 Å². The molecule has 0 unspecified atom stereocenters. The minimum absolute atomic E-state index is 0.156. The zero-order valence-corrected chi connectivity index (χ0v) is 19.0. The fourth-order valence-electron chi connectivity index (χ4n) is 4.35. The summed E-state index contributed by atoms with van der Waals surface area (Å²) in [5.74, 6) is -0.452. The van der Waals surface area contributed by atoms with Gasteiger partial charge in [0.05, 0.1) is 11.8 Å². The minimum atomic E-state index is -4.43. The summed E-state index contributed by atoms with van der Waals surface area (Å²) < 4.78 is 39.9. The summed E-state index contributed by atoms with van der Waals surface area (Å²) in [6.07, 6.45) is -0.773. The number of carboxylic acids is 1. The number of piperidine rings is 1. The van der Waals surface area contributed by atoms with Gasteiger partial charge in [0.1, 0.15) is 5.69 Å². The molecule has 1 saturated heterocycles. The van der Waals surface area contributed by atoms with Crippen LogP contribution >= 0.6 is 0 Å². The number of nitrogens with zero attached hydrogens (tertiary/aromatic N) is 4. The molecule has 1 aliphatic rings. The summed E-state index contributed by atoms with van der Waals surface area (Å²) >= 11 is 0. The highest BCUT2D eigenvalue weighted by molar-refractivity contribution is 5.87. The normalized spacial score (nSPS) is 14.6. The lowest BCUT2D eigenvalue weighted by Crippen LogP contribution is -2.26. The highest BCUT2D eigenvalue weighted by Gasteiger charge is 2.30. The fourth-order valence-corrected chi connectivity index (χ4v) is 4.35. The van der Waals surface area contributed by atoms with Gasteiger partial charge in [0.25, 0.3) is 0 Å². The molecule has 10 heteroatoms. The lowest BCUT2D eigenvalue weighted by atomic mass is 9.89. The van der Waals surface area contributed by atoms with Gasteiger partial charge in [-0.3, -0.25) is 0 Å². The Balaban J connectivity index is 1.45. The second kappa shape index (κ2) is 9.54. The number of aromatic carboxylic acids is 1. The van der Waals surface area contributed by atoms with Gasteiger partial charge < -0.3 is 10.4 Å². The molecule has 1 fully saturated rings. The van der Waals surface area contributed by atoms with Crippen molar-refractivity contribution in [2.75, 3.05) is 13.1 Å². The van der Waals surface area contributed by atoms with Crippen LogP contribution in [0.1, 0.15) is 40.4 Å². The topological polar surface area (TPSA) is 92.9 Å². The van der Waals surface area contributed by atoms with E-state index >= 15 is 0 Å². The van der Waals surface area contributed by atoms with Crippen LogP contribution in [0.25, 0.3) is 28.2 Å². The highest BCUT2D eigenvalue weighted by Crippen LogP contribution is 2.31. The zero-order chi connectivity index (χ0) is 25.3. The van der Waals surface area contributed by atoms with Crippen LogP contribution in [-0.4, -0.2) is 44.1 Å². The number of benzene rings is 2. The summed E-state index contributed by atoms with van der Waals surface area (Å²) in [5.41, 5.74) is 2.60. The molecule has 2 aromatic heterocycles. The molecule has 3 heterocycles. The largest absolute Gasteiger partial charge is 0.477 e. The Labute approximate surface area is 204 Å². The number of carbonyl (C=O) groups is 1. The van der Waals surface area contributed by atoms with Gasteiger partial charge in [0, 0.05) is 5.56 Å². The maximum absolute atomic E-state index is 12.9. The number of nitrogens with one attached hydrogen (secondary N) is 1. The molecule has 1 aliphatic heterocycles. The Bertz CT molecular complexity index is 1380. The van der Waals surface area contributed by atoms with Crippen LogP contribution in [0.15, 0.2) is 66.9 Å². The van der Waals surface area contributed by atoms with Crippen LogP contribution in [0.3, 0.4) is 0 Å². The standard InChI is InChI=1S/C26H22F3N5O2/c27-26(28,29)21-7-5-19(6-8-21)23-15-34(33-32-23)24-14-20(13-22(31-24)25(35)36)17-3-1-16(2-4-17)18-9-11-30-12-10-18/h1-8,13-15,18,30H,9-12H2,(H,35,36). The van der Waals surface area contributed by atoms with Crippen molar-refractivity contribution < 1.29 is 23.1 Å². The van der Waals surface area contributed by atoms with Crippen LogP contribution in [0.2, 0.25) is 0 Å². The molecule has 184 valence electrons. The first-order chi connectivity index (χ1) is 17.3. The minimum Gasteiger partial charge on any atom is -0.477 e. The van der Waals surface area contributed by atoms with Gasteiger partial charge in [0.15, 0.2) is 11.5 Å². The fraction of sp³-hybridized carbons (Fsp3) is 0.231. The maximum Gasteiger partial charge on any atom is 0.416 e. The Hall–Kier alpha value is -4.05. The third-order valence-corrected chi connectivity index (χ3v) is 6.32. The Morgan fingerprint density at radius 3 is 2.25 bits per heavy atom. The Morgan fingerprint density at radius 2 is 1.61 bits per heavy atom. The molecule has 0 radical (unpaired) electrons. The summed E-state index contributed by atoms with van der Waals surface area (Å²) in [5, 5.41) is 21.0. The predicted molar refractivity (Wildman–Crippen MR) is 127 cm³/mol. The van der Waals surface area contributed by atoms with E-state index in [-0.39, 0.29) is 11.5 Å². The molecule has 5 rings (SSSR count). The average molecular weight is 493 g/mol. The number of hydrogen-bond donors (Lipinski definition) is 2. The molecule has 36 heavy (non-hydrogen) atoms. The molecule has 0 amide bonds. The number of hydrogen-bond acceptors (Lipinski definition) is 5. The summed E-state index contributed by atoms with van der Waals surface area (Å²) in [6, 6.07) is 15.9. The zero-order valence-electron chi connectivity index (χ0n) is 19.0. The van der Waals surface area contributed by atoms with E-state index < -0.39 is 17.7 Å². The Kier molecular flexibility index (Phi) is 6.27. The van der Waals surface area contributed by atoms with Gasteiger partial charge in [-0.2, -0.15) is 13.2 Å². The van der Waals surface area contributed by atoms with Crippen LogP contribution in [-0.2, 0) is 6.18 Å². The molecular weight excluding hydrogens is 471 g/mol. The number of aromatic nitrogens is 4. The van der Waals surface area contributed by atoms with E-state index in [2.05, 4.69) is 32.7 Å². The number of alkyl halides is 3. The second-order valence-electron chi connectivity index (χ2n) is 8.67. The van der Waals surface area contributed by atoms with E-state index in [1.54, 1.807) is 6.07 Å². The summed E-state index contributed by atoms with van der Waals surface area (Å²) in [7, 11) is 0. The first-order valence-electron chi connectivity index (χ1n) is 11.4. The van der Waals surface area contributed by atoms with E-state index in [4.69, 9.17) is 0 Å². The molecule has 0 saturated carbocycles. The monoisotopic (exact) mass is 493 g/mol. The predicted octanol–water partition coefficient (Wildman–Crippen LogP) is 5.18. The van der Waals surface area contributed by atoms with E-state index in [1.807, 2.05) is 12.1 Å². The molecule has 0 atom stereocenters. The van der Waals surface area contributed by atoms with Crippen molar-refractivity contribution in [3.8, 4) is 28.2 Å². The summed E-state index contributed by atoms with van der Waals surface area (Å²) in [4.78, 5) is 15.9. The van der Waals surface area contributed by atoms with E-state index in [0.717, 1.165) is 43.6 Å². The third kappa shape index (κ3) is 4.99. The quantitative estimate of drug-likeness (QED) is 0.398. The van der Waals surface area contributed by atoms with Crippen LogP contribution in [0.4, 0.5) is 13.2 Å². The number of halogens is 3. The van der Waals surface area contributed by atoms with Crippen molar-refractivity contribution in [1.82, 2.24) is 25.3 Å². The first-order valence-corrected chi connectivity index (χ1v) is 11.4. The van der Waals surface area contributed by atoms with Crippen molar-refractivity contribution in [3.63, 3.8) is 0 Å². The molecule has 2 N–H and O–H groups in total. The number of rotatable bonds is 5. The lowest BCUT2D eigenvalue weighted by Gasteiger charge is -2.23. The first kappa shape index (κ1) is 23.7.